The number of aldehydes is 1. The lowest BCUT2D eigenvalue weighted by Gasteiger charge is -2.20. The minimum absolute atomic E-state index is 0.0277. The van der Waals surface area contributed by atoms with Crippen molar-refractivity contribution in [1.82, 2.24) is 5.48 Å². The lowest BCUT2D eigenvalue weighted by molar-refractivity contribution is -0.108. The Balaban J connectivity index is 2.45. The normalized spacial score (nSPS) is 11.1. The molecule has 0 amide bonds. The van der Waals surface area contributed by atoms with Crippen molar-refractivity contribution in [3.05, 3.63) is 50.2 Å². The Kier molecular flexibility index (Phi) is 5.35. The van der Waals surface area contributed by atoms with E-state index in [1.165, 1.54) is 6.07 Å². The number of nitrogens with one attached hydrogen (secondary N) is 1. The molecule has 0 atom stereocenters. The summed E-state index contributed by atoms with van der Waals surface area (Å²) in [4.78, 5) is 29.2. The number of benzene rings is 2. The second-order valence-electron chi connectivity index (χ2n) is 7.04. The third-order valence-electron chi connectivity index (χ3n) is 5.49. The summed E-state index contributed by atoms with van der Waals surface area (Å²) in [5.74, 6) is -0.673. The summed E-state index contributed by atoms with van der Waals surface area (Å²) in [6.45, 7) is 9.73. The largest absolute Gasteiger partial charge is 0.508 e. The Morgan fingerprint density at radius 2 is 1.59 bits per heavy atom. The highest BCUT2D eigenvalue weighted by atomic mass is 16.7. The minimum Gasteiger partial charge on any atom is -0.508 e. The number of phenols is 2. The molecule has 152 valence electrons. The van der Waals surface area contributed by atoms with Crippen LogP contribution in [-0.2, 0) is 4.79 Å². The predicted molar refractivity (Wildman–Crippen MR) is 110 cm³/mol. The number of hydrogen-bond acceptors (Lipinski definition) is 7. The second kappa shape index (κ2) is 7.60. The monoisotopic (exact) mass is 397 g/mol. The lowest BCUT2D eigenvalue weighted by Crippen LogP contribution is -2.24. The first kappa shape index (κ1) is 20.4. The fourth-order valence-electron chi connectivity index (χ4n) is 3.51. The van der Waals surface area contributed by atoms with Gasteiger partial charge in [0.25, 0.3) is 0 Å². The quantitative estimate of drug-likeness (QED) is 0.343. The third kappa shape index (κ3) is 3.34. The van der Waals surface area contributed by atoms with Crippen LogP contribution < -0.4 is 15.7 Å². The summed E-state index contributed by atoms with van der Waals surface area (Å²) in [6.07, 6.45) is 0.592. The maximum absolute atomic E-state index is 13.2. The first-order chi connectivity index (χ1) is 13.7. The van der Waals surface area contributed by atoms with E-state index >= 15 is 0 Å². The lowest BCUT2D eigenvalue weighted by atomic mass is 9.88. The molecular formula is C22H23NO6. The molecule has 1 aromatic heterocycles. The molecule has 0 aliphatic carbocycles. The fraction of sp³-hybridized carbons (Fsp3) is 0.273. The summed E-state index contributed by atoms with van der Waals surface area (Å²) >= 11 is 0. The van der Waals surface area contributed by atoms with E-state index in [9.17, 15) is 19.8 Å². The zero-order valence-corrected chi connectivity index (χ0v) is 17.0. The molecule has 0 radical (unpaired) electrons. The van der Waals surface area contributed by atoms with E-state index in [0.717, 1.165) is 33.9 Å². The SMILES string of the molecule is Cc1c(C)c(C)c(-c2oc3cc(O)cc(O)c3c(=O)c2ONCC=O)c(C)c1C. The van der Waals surface area contributed by atoms with Crippen LogP contribution in [0, 0.1) is 34.6 Å². The fourth-order valence-corrected chi connectivity index (χ4v) is 3.51. The van der Waals surface area contributed by atoms with E-state index in [1.54, 1.807) is 0 Å². The van der Waals surface area contributed by atoms with E-state index in [2.05, 4.69) is 5.48 Å². The van der Waals surface area contributed by atoms with Crippen molar-refractivity contribution in [2.24, 2.45) is 0 Å². The van der Waals surface area contributed by atoms with Crippen LogP contribution in [-0.4, -0.2) is 23.0 Å². The standard InChI is InChI=1S/C22H23NO6/c1-10-11(2)13(4)18(14(5)12(10)3)21-22(29-23-6-7-24)20(27)19-16(26)8-15(25)9-17(19)28-21/h7-9,23,25-26H,6H2,1-5H3. The average molecular weight is 397 g/mol. The number of carbonyl (C=O) groups is 1. The highest BCUT2D eigenvalue weighted by molar-refractivity contribution is 5.89. The van der Waals surface area contributed by atoms with Crippen molar-refractivity contribution >= 4 is 17.3 Å². The molecule has 2 aromatic carbocycles. The van der Waals surface area contributed by atoms with Crippen LogP contribution in [0.25, 0.3) is 22.3 Å². The molecule has 3 N–H and O–H groups in total. The Morgan fingerprint density at radius 3 is 2.17 bits per heavy atom. The first-order valence-electron chi connectivity index (χ1n) is 9.12. The molecular weight excluding hydrogens is 374 g/mol. The minimum atomic E-state index is -0.619. The van der Waals surface area contributed by atoms with Crippen molar-refractivity contribution in [3.8, 4) is 28.6 Å². The number of hydroxylamine groups is 1. The van der Waals surface area contributed by atoms with Crippen LogP contribution in [0.1, 0.15) is 27.8 Å². The van der Waals surface area contributed by atoms with Crippen molar-refractivity contribution < 1.29 is 24.3 Å². The van der Waals surface area contributed by atoms with Crippen LogP contribution in [0.2, 0.25) is 0 Å². The second-order valence-corrected chi connectivity index (χ2v) is 7.04. The molecule has 0 aliphatic heterocycles. The summed E-state index contributed by atoms with van der Waals surface area (Å²) in [5.41, 5.74) is 7.59. The van der Waals surface area contributed by atoms with Crippen LogP contribution in [0.3, 0.4) is 0 Å². The molecule has 0 aliphatic rings. The Morgan fingerprint density at radius 1 is 1.00 bits per heavy atom. The van der Waals surface area contributed by atoms with Gasteiger partial charge < -0.3 is 24.3 Å². The smallest absolute Gasteiger partial charge is 0.241 e. The van der Waals surface area contributed by atoms with Crippen molar-refractivity contribution in [3.63, 3.8) is 0 Å². The van der Waals surface area contributed by atoms with Gasteiger partial charge in [0.1, 0.15) is 28.8 Å². The van der Waals surface area contributed by atoms with Crippen LogP contribution in [0.15, 0.2) is 21.3 Å². The van der Waals surface area contributed by atoms with E-state index in [1.807, 2.05) is 34.6 Å². The highest BCUT2D eigenvalue weighted by Gasteiger charge is 2.25. The third-order valence-corrected chi connectivity index (χ3v) is 5.49. The number of rotatable bonds is 5. The van der Waals surface area contributed by atoms with Crippen molar-refractivity contribution in [1.29, 1.82) is 0 Å². The summed E-state index contributed by atoms with van der Waals surface area (Å²) in [7, 11) is 0. The zero-order chi connectivity index (χ0) is 21.5. The summed E-state index contributed by atoms with van der Waals surface area (Å²) in [6, 6.07) is 2.32. The van der Waals surface area contributed by atoms with E-state index in [-0.39, 0.29) is 34.8 Å². The molecule has 3 aromatic rings. The van der Waals surface area contributed by atoms with Gasteiger partial charge in [0.15, 0.2) is 5.76 Å². The summed E-state index contributed by atoms with van der Waals surface area (Å²) < 4.78 is 5.99. The molecule has 7 heteroatoms. The van der Waals surface area contributed by atoms with Gasteiger partial charge in [-0.15, -0.1) is 5.48 Å². The number of fused-ring (bicyclic) bond motifs is 1. The molecule has 0 spiro atoms. The maximum atomic E-state index is 13.2. The molecule has 1 heterocycles. The molecule has 3 rings (SSSR count). The molecule has 0 bridgehead atoms. The van der Waals surface area contributed by atoms with Gasteiger partial charge in [-0.2, -0.15) is 0 Å². The summed E-state index contributed by atoms with van der Waals surface area (Å²) in [5, 5.41) is 19.9. The molecule has 7 nitrogen and oxygen atoms in total. The number of phenolic OH excluding ortho intramolecular Hbond substituents is 2. The Hall–Kier alpha value is -3.32. The van der Waals surface area contributed by atoms with Crippen LogP contribution in [0.5, 0.6) is 17.2 Å². The molecule has 0 saturated carbocycles. The molecule has 0 fully saturated rings. The predicted octanol–water partition coefficient (Wildman–Crippen LogP) is 3.50. The van der Waals surface area contributed by atoms with E-state index in [0.29, 0.717) is 11.8 Å². The van der Waals surface area contributed by atoms with E-state index < -0.39 is 11.2 Å². The average Bonchev–Trinajstić information content (AvgIpc) is 2.66. The number of aromatic hydroxyl groups is 2. The maximum Gasteiger partial charge on any atom is 0.241 e. The van der Waals surface area contributed by atoms with Gasteiger partial charge in [-0.3, -0.25) is 4.79 Å². The van der Waals surface area contributed by atoms with E-state index in [4.69, 9.17) is 9.25 Å². The van der Waals surface area contributed by atoms with Gasteiger partial charge in [-0.25, -0.2) is 0 Å². The van der Waals surface area contributed by atoms with Gasteiger partial charge >= 0.3 is 0 Å². The Labute approximate surface area is 167 Å². The number of carbonyl (C=O) groups excluding carboxylic acids is 1. The molecule has 0 saturated heterocycles. The van der Waals surface area contributed by atoms with Gasteiger partial charge in [0, 0.05) is 17.7 Å². The topological polar surface area (TPSA) is 109 Å². The Bertz CT molecular complexity index is 1160. The van der Waals surface area contributed by atoms with Gasteiger partial charge in [-0.05, 0) is 62.4 Å². The van der Waals surface area contributed by atoms with Gasteiger partial charge in [0.05, 0.1) is 6.54 Å². The van der Waals surface area contributed by atoms with Gasteiger partial charge in [0.2, 0.25) is 11.2 Å². The molecule has 0 unspecified atom stereocenters. The first-order valence-corrected chi connectivity index (χ1v) is 9.12. The van der Waals surface area contributed by atoms with Gasteiger partial charge in [-0.1, -0.05) is 0 Å². The number of hydrogen-bond donors (Lipinski definition) is 3. The van der Waals surface area contributed by atoms with Crippen LogP contribution in [0.4, 0.5) is 0 Å². The molecule has 29 heavy (non-hydrogen) atoms. The van der Waals surface area contributed by atoms with Crippen molar-refractivity contribution in [2.45, 2.75) is 34.6 Å². The van der Waals surface area contributed by atoms with Crippen molar-refractivity contribution in [2.75, 3.05) is 6.54 Å². The highest BCUT2D eigenvalue weighted by Crippen LogP contribution is 2.40. The van der Waals surface area contributed by atoms with Crippen LogP contribution >= 0.6 is 0 Å². The zero-order valence-electron chi connectivity index (χ0n) is 17.0.